The highest BCUT2D eigenvalue weighted by atomic mass is 16.6. The zero-order chi connectivity index (χ0) is 19.4. The fraction of sp³-hybridized carbons (Fsp3) is 0.263. The van der Waals surface area contributed by atoms with E-state index in [4.69, 9.17) is 0 Å². The minimum absolute atomic E-state index is 0.0405. The predicted octanol–water partition coefficient (Wildman–Crippen LogP) is 2.77. The van der Waals surface area contributed by atoms with Crippen molar-refractivity contribution in [3.05, 3.63) is 63.7 Å². The Morgan fingerprint density at radius 2 is 2.04 bits per heavy atom. The number of hydrogen-bond acceptors (Lipinski definition) is 6. The van der Waals surface area contributed by atoms with Gasteiger partial charge in [-0.2, -0.15) is 0 Å². The first-order valence-corrected chi connectivity index (χ1v) is 8.50. The van der Waals surface area contributed by atoms with Crippen LogP contribution in [0.2, 0.25) is 0 Å². The van der Waals surface area contributed by atoms with Crippen LogP contribution in [-0.4, -0.2) is 37.0 Å². The van der Waals surface area contributed by atoms with Crippen molar-refractivity contribution in [2.75, 3.05) is 30.4 Å². The molecule has 0 aliphatic carbocycles. The van der Waals surface area contributed by atoms with Crippen LogP contribution in [-0.2, 0) is 16.0 Å². The van der Waals surface area contributed by atoms with E-state index in [1.165, 1.54) is 19.2 Å². The molecule has 0 spiro atoms. The molecule has 8 heteroatoms. The molecule has 0 unspecified atom stereocenters. The SMILES string of the molecule is COC(=O)c1ccc(NCCC(=O)N2CCc3ccccc32)c([N+](=O)[O-])c1. The lowest BCUT2D eigenvalue weighted by molar-refractivity contribution is -0.384. The second-order valence-electron chi connectivity index (χ2n) is 6.08. The van der Waals surface area contributed by atoms with E-state index in [1.54, 1.807) is 4.90 Å². The normalized spacial score (nSPS) is 12.4. The van der Waals surface area contributed by atoms with E-state index in [0.717, 1.165) is 23.7 Å². The Kier molecular flexibility index (Phi) is 5.35. The molecule has 3 rings (SSSR count). The number of amides is 1. The molecule has 0 saturated heterocycles. The quantitative estimate of drug-likeness (QED) is 0.477. The fourth-order valence-electron chi connectivity index (χ4n) is 3.11. The first kappa shape index (κ1) is 18.4. The van der Waals surface area contributed by atoms with Gasteiger partial charge < -0.3 is 15.0 Å². The van der Waals surface area contributed by atoms with Crippen molar-refractivity contribution in [1.82, 2.24) is 0 Å². The summed E-state index contributed by atoms with van der Waals surface area (Å²) in [4.78, 5) is 36.5. The number of nitrogens with one attached hydrogen (secondary N) is 1. The Hall–Kier alpha value is -3.42. The summed E-state index contributed by atoms with van der Waals surface area (Å²) >= 11 is 0. The number of nitro groups is 1. The third-order valence-corrected chi connectivity index (χ3v) is 4.46. The van der Waals surface area contributed by atoms with Gasteiger partial charge in [-0.25, -0.2) is 4.79 Å². The number of esters is 1. The molecule has 0 atom stereocenters. The standard InChI is InChI=1S/C19H19N3O5/c1-27-19(24)14-6-7-15(17(12-14)22(25)26)20-10-8-18(23)21-11-9-13-4-2-3-5-16(13)21/h2-7,12,20H,8-11H2,1H3. The monoisotopic (exact) mass is 369 g/mol. The number of fused-ring (bicyclic) bond motifs is 1. The third kappa shape index (κ3) is 3.89. The number of ether oxygens (including phenoxy) is 1. The van der Waals surface area contributed by atoms with Gasteiger partial charge in [0.15, 0.2) is 0 Å². The predicted molar refractivity (Wildman–Crippen MR) is 100 cm³/mol. The number of carbonyl (C=O) groups is 2. The number of methoxy groups -OCH3 is 1. The molecule has 1 N–H and O–H groups in total. The van der Waals surface area contributed by atoms with Gasteiger partial charge in [-0.1, -0.05) is 18.2 Å². The molecule has 1 aliphatic heterocycles. The lowest BCUT2D eigenvalue weighted by Crippen LogP contribution is -2.30. The van der Waals surface area contributed by atoms with Crippen LogP contribution in [0.5, 0.6) is 0 Å². The van der Waals surface area contributed by atoms with Crippen LogP contribution in [0, 0.1) is 10.1 Å². The zero-order valence-electron chi connectivity index (χ0n) is 14.8. The summed E-state index contributed by atoms with van der Waals surface area (Å²) in [6.07, 6.45) is 1.03. The first-order valence-electron chi connectivity index (χ1n) is 8.50. The van der Waals surface area contributed by atoms with E-state index < -0.39 is 10.9 Å². The van der Waals surface area contributed by atoms with Crippen molar-refractivity contribution in [3.63, 3.8) is 0 Å². The summed E-state index contributed by atoms with van der Waals surface area (Å²) < 4.78 is 4.58. The van der Waals surface area contributed by atoms with Gasteiger partial charge in [0.05, 0.1) is 17.6 Å². The van der Waals surface area contributed by atoms with Crippen LogP contribution in [0.4, 0.5) is 17.1 Å². The highest BCUT2D eigenvalue weighted by Gasteiger charge is 2.24. The summed E-state index contributed by atoms with van der Waals surface area (Å²) in [5.74, 6) is -0.686. The lowest BCUT2D eigenvalue weighted by atomic mass is 10.1. The summed E-state index contributed by atoms with van der Waals surface area (Å²) in [6, 6.07) is 11.8. The minimum atomic E-state index is -0.646. The van der Waals surface area contributed by atoms with Crippen molar-refractivity contribution >= 4 is 28.9 Å². The summed E-state index contributed by atoms with van der Waals surface area (Å²) in [6.45, 7) is 0.891. The molecule has 0 bridgehead atoms. The smallest absolute Gasteiger partial charge is 0.338 e. The molecular weight excluding hydrogens is 350 g/mol. The van der Waals surface area contributed by atoms with E-state index >= 15 is 0 Å². The molecule has 140 valence electrons. The van der Waals surface area contributed by atoms with Gasteiger partial charge in [0.1, 0.15) is 5.69 Å². The van der Waals surface area contributed by atoms with Gasteiger partial charge in [-0.05, 0) is 30.2 Å². The lowest BCUT2D eigenvalue weighted by Gasteiger charge is -2.17. The van der Waals surface area contributed by atoms with Gasteiger partial charge >= 0.3 is 5.97 Å². The highest BCUT2D eigenvalue weighted by Crippen LogP contribution is 2.28. The van der Waals surface area contributed by atoms with E-state index in [0.29, 0.717) is 6.54 Å². The largest absolute Gasteiger partial charge is 0.465 e. The second kappa shape index (κ2) is 7.86. The number of anilines is 2. The van der Waals surface area contributed by atoms with E-state index in [1.807, 2.05) is 24.3 Å². The van der Waals surface area contributed by atoms with E-state index in [2.05, 4.69) is 10.1 Å². The summed E-state index contributed by atoms with van der Waals surface area (Å²) in [5, 5.41) is 14.2. The first-order chi connectivity index (χ1) is 13.0. The number of benzene rings is 2. The Morgan fingerprint density at radius 3 is 2.78 bits per heavy atom. The number of nitrogens with zero attached hydrogens (tertiary/aromatic N) is 2. The average Bonchev–Trinajstić information content (AvgIpc) is 3.11. The number of para-hydroxylation sites is 1. The zero-order valence-corrected chi connectivity index (χ0v) is 14.8. The fourth-order valence-corrected chi connectivity index (χ4v) is 3.11. The Labute approximate surface area is 155 Å². The van der Waals surface area contributed by atoms with E-state index in [-0.39, 0.29) is 35.8 Å². The molecule has 8 nitrogen and oxygen atoms in total. The maximum Gasteiger partial charge on any atom is 0.338 e. The molecule has 27 heavy (non-hydrogen) atoms. The molecule has 0 fully saturated rings. The number of hydrogen-bond donors (Lipinski definition) is 1. The van der Waals surface area contributed by atoms with Crippen LogP contribution in [0.1, 0.15) is 22.3 Å². The van der Waals surface area contributed by atoms with Crippen molar-refractivity contribution in [2.24, 2.45) is 0 Å². The Bertz CT molecular complexity index is 897. The van der Waals surface area contributed by atoms with Gasteiger partial charge in [-0.15, -0.1) is 0 Å². The van der Waals surface area contributed by atoms with Crippen LogP contribution in [0.3, 0.4) is 0 Å². The molecule has 2 aromatic carbocycles. The minimum Gasteiger partial charge on any atom is -0.465 e. The maximum atomic E-state index is 12.5. The molecule has 1 heterocycles. The van der Waals surface area contributed by atoms with Gasteiger partial charge in [0.25, 0.3) is 5.69 Å². The number of nitro benzene ring substituents is 1. The van der Waals surface area contributed by atoms with Gasteiger partial charge in [-0.3, -0.25) is 14.9 Å². The van der Waals surface area contributed by atoms with Gasteiger partial charge in [0.2, 0.25) is 5.91 Å². The Balaban J connectivity index is 1.64. The van der Waals surface area contributed by atoms with Crippen molar-refractivity contribution in [2.45, 2.75) is 12.8 Å². The Morgan fingerprint density at radius 1 is 1.26 bits per heavy atom. The van der Waals surface area contributed by atoms with Crippen molar-refractivity contribution < 1.29 is 19.2 Å². The maximum absolute atomic E-state index is 12.5. The summed E-state index contributed by atoms with van der Waals surface area (Å²) in [5.41, 5.74) is 2.18. The van der Waals surface area contributed by atoms with Crippen LogP contribution >= 0.6 is 0 Å². The van der Waals surface area contributed by atoms with Crippen molar-refractivity contribution in [1.29, 1.82) is 0 Å². The second-order valence-corrected chi connectivity index (χ2v) is 6.08. The summed E-state index contributed by atoms with van der Waals surface area (Å²) in [7, 11) is 1.21. The molecule has 0 aromatic heterocycles. The molecule has 0 radical (unpaired) electrons. The third-order valence-electron chi connectivity index (χ3n) is 4.46. The molecule has 1 amide bonds. The highest BCUT2D eigenvalue weighted by molar-refractivity contribution is 5.95. The van der Waals surface area contributed by atoms with Crippen molar-refractivity contribution in [3.8, 4) is 0 Å². The topological polar surface area (TPSA) is 102 Å². The number of rotatable bonds is 6. The number of carbonyl (C=O) groups excluding carboxylic acids is 2. The van der Waals surface area contributed by atoms with Gasteiger partial charge in [0, 0.05) is 31.3 Å². The van der Waals surface area contributed by atoms with E-state index in [9.17, 15) is 19.7 Å². The van der Waals surface area contributed by atoms with Crippen LogP contribution in [0.25, 0.3) is 0 Å². The van der Waals surface area contributed by atoms with Crippen LogP contribution in [0.15, 0.2) is 42.5 Å². The average molecular weight is 369 g/mol. The molecule has 2 aromatic rings. The molecule has 0 saturated carbocycles. The molecule has 1 aliphatic rings. The van der Waals surface area contributed by atoms with Crippen LogP contribution < -0.4 is 10.2 Å². The molecular formula is C19H19N3O5.